The number of amides is 2. The molecule has 8 nitrogen and oxygen atoms in total. The molecule has 160 valence electrons. The number of imide groups is 1. The van der Waals surface area contributed by atoms with E-state index in [9.17, 15) is 19.7 Å². The van der Waals surface area contributed by atoms with Crippen molar-refractivity contribution in [1.82, 2.24) is 4.90 Å². The fourth-order valence-electron chi connectivity index (χ4n) is 3.58. The molecule has 2 fully saturated rings. The number of morpholine rings is 1. The van der Waals surface area contributed by atoms with Crippen molar-refractivity contribution in [1.29, 1.82) is 0 Å². The summed E-state index contributed by atoms with van der Waals surface area (Å²) in [6.45, 7) is 2.51. The zero-order valence-electron chi connectivity index (χ0n) is 16.7. The lowest BCUT2D eigenvalue weighted by Crippen LogP contribution is -2.36. The molecule has 0 saturated carbocycles. The molecule has 0 spiro atoms. The molecule has 2 aromatic carbocycles. The summed E-state index contributed by atoms with van der Waals surface area (Å²) in [6.07, 6.45) is 2.12. The van der Waals surface area contributed by atoms with Crippen LogP contribution in [0.5, 0.6) is 0 Å². The van der Waals surface area contributed by atoms with Crippen LogP contribution >= 0.6 is 11.8 Å². The fourth-order valence-corrected chi connectivity index (χ4v) is 4.44. The minimum Gasteiger partial charge on any atom is -0.378 e. The van der Waals surface area contributed by atoms with Gasteiger partial charge < -0.3 is 9.64 Å². The standard InChI is InChI=1S/C22H21N3O5S/c26-21-20(31-22(27)24(21)9-8-16-4-2-1-3-5-16)15-17-6-7-18(19(14-17)25(28)29)23-10-12-30-13-11-23/h1-7,14-15H,8-13H2/b20-15-. The number of ether oxygens (including phenoxy) is 1. The van der Waals surface area contributed by atoms with Crippen LogP contribution in [-0.2, 0) is 16.0 Å². The summed E-state index contributed by atoms with van der Waals surface area (Å²) >= 11 is 0.860. The largest absolute Gasteiger partial charge is 0.378 e. The van der Waals surface area contributed by atoms with Gasteiger partial charge in [-0.2, -0.15) is 0 Å². The lowest BCUT2D eigenvalue weighted by Gasteiger charge is -2.28. The first kappa shape index (κ1) is 21.1. The molecule has 9 heteroatoms. The van der Waals surface area contributed by atoms with E-state index in [1.165, 1.54) is 11.0 Å². The maximum atomic E-state index is 12.7. The van der Waals surface area contributed by atoms with Crippen molar-refractivity contribution in [2.24, 2.45) is 0 Å². The van der Waals surface area contributed by atoms with Gasteiger partial charge in [-0.05, 0) is 41.5 Å². The number of hydrogen-bond acceptors (Lipinski definition) is 7. The van der Waals surface area contributed by atoms with E-state index in [2.05, 4.69) is 0 Å². The van der Waals surface area contributed by atoms with Crippen molar-refractivity contribution in [3.05, 3.63) is 74.7 Å². The number of nitro groups is 1. The highest BCUT2D eigenvalue weighted by Crippen LogP contribution is 2.35. The summed E-state index contributed by atoms with van der Waals surface area (Å²) in [6, 6.07) is 14.5. The summed E-state index contributed by atoms with van der Waals surface area (Å²) in [5.41, 5.74) is 2.05. The van der Waals surface area contributed by atoms with Crippen LogP contribution in [0.4, 0.5) is 16.2 Å². The van der Waals surface area contributed by atoms with Crippen LogP contribution in [0.2, 0.25) is 0 Å². The van der Waals surface area contributed by atoms with Crippen LogP contribution in [0.1, 0.15) is 11.1 Å². The normalized spacial score (nSPS) is 18.1. The van der Waals surface area contributed by atoms with Crippen LogP contribution in [0, 0.1) is 10.1 Å². The summed E-state index contributed by atoms with van der Waals surface area (Å²) < 4.78 is 5.32. The second-order valence-corrected chi connectivity index (χ2v) is 8.17. The highest BCUT2D eigenvalue weighted by Gasteiger charge is 2.34. The Balaban J connectivity index is 1.52. The van der Waals surface area contributed by atoms with Crippen molar-refractivity contribution < 1.29 is 19.2 Å². The molecule has 2 aliphatic heterocycles. The van der Waals surface area contributed by atoms with E-state index in [-0.39, 0.29) is 21.7 Å². The quantitative estimate of drug-likeness (QED) is 0.385. The number of nitro benzene ring substituents is 1. The minimum absolute atomic E-state index is 0.0287. The predicted molar refractivity (Wildman–Crippen MR) is 119 cm³/mol. The summed E-state index contributed by atoms with van der Waals surface area (Å²) in [7, 11) is 0. The average Bonchev–Trinajstić information content (AvgIpc) is 3.05. The van der Waals surface area contributed by atoms with Crippen molar-refractivity contribution in [3.8, 4) is 0 Å². The summed E-state index contributed by atoms with van der Waals surface area (Å²) in [4.78, 5) is 39.7. The molecule has 2 aromatic rings. The SMILES string of the molecule is O=C1S/C(=C\c2ccc(N3CCOCC3)c([N+](=O)[O-])c2)C(=O)N1CCc1ccccc1. The first-order valence-electron chi connectivity index (χ1n) is 9.93. The Morgan fingerprint density at radius 2 is 1.84 bits per heavy atom. The van der Waals surface area contributed by atoms with Crippen LogP contribution in [-0.4, -0.2) is 53.8 Å². The van der Waals surface area contributed by atoms with Gasteiger partial charge in [-0.15, -0.1) is 0 Å². The number of carbonyl (C=O) groups is 2. The van der Waals surface area contributed by atoms with E-state index in [1.807, 2.05) is 35.2 Å². The molecule has 0 N–H and O–H groups in total. The maximum absolute atomic E-state index is 12.7. The Labute approximate surface area is 183 Å². The average molecular weight is 439 g/mol. The van der Waals surface area contributed by atoms with Crippen LogP contribution in [0.25, 0.3) is 6.08 Å². The van der Waals surface area contributed by atoms with Gasteiger partial charge in [-0.1, -0.05) is 36.4 Å². The van der Waals surface area contributed by atoms with Gasteiger partial charge in [0.2, 0.25) is 0 Å². The van der Waals surface area contributed by atoms with Crippen molar-refractivity contribution in [3.63, 3.8) is 0 Å². The molecule has 0 bridgehead atoms. The number of anilines is 1. The lowest BCUT2D eigenvalue weighted by atomic mass is 10.1. The third-order valence-corrected chi connectivity index (χ3v) is 6.09. The Morgan fingerprint density at radius 3 is 2.55 bits per heavy atom. The zero-order chi connectivity index (χ0) is 21.8. The monoisotopic (exact) mass is 439 g/mol. The van der Waals surface area contributed by atoms with Crippen molar-refractivity contribution in [2.75, 3.05) is 37.7 Å². The third-order valence-electron chi connectivity index (χ3n) is 5.19. The van der Waals surface area contributed by atoms with Gasteiger partial charge in [0.15, 0.2) is 0 Å². The number of nitrogens with zero attached hydrogens (tertiary/aromatic N) is 3. The summed E-state index contributed by atoms with van der Waals surface area (Å²) in [5, 5.41) is 11.3. The van der Waals surface area contributed by atoms with E-state index >= 15 is 0 Å². The van der Waals surface area contributed by atoms with Gasteiger partial charge in [0.1, 0.15) is 5.69 Å². The molecule has 2 heterocycles. The molecule has 2 saturated heterocycles. The van der Waals surface area contributed by atoms with Crippen molar-refractivity contribution >= 4 is 40.4 Å². The van der Waals surface area contributed by atoms with Crippen LogP contribution in [0.3, 0.4) is 0 Å². The number of rotatable bonds is 6. The van der Waals surface area contributed by atoms with Gasteiger partial charge >= 0.3 is 0 Å². The second-order valence-electron chi connectivity index (χ2n) is 7.17. The van der Waals surface area contributed by atoms with Gasteiger partial charge in [0.25, 0.3) is 16.8 Å². The highest BCUT2D eigenvalue weighted by molar-refractivity contribution is 8.18. The first-order chi connectivity index (χ1) is 15.0. The zero-order valence-corrected chi connectivity index (χ0v) is 17.5. The number of carbonyl (C=O) groups excluding carboxylic acids is 2. The molecule has 0 radical (unpaired) electrons. The molecular formula is C22H21N3O5S. The van der Waals surface area contributed by atoms with E-state index in [4.69, 9.17) is 4.74 Å². The molecule has 0 aromatic heterocycles. The molecule has 2 amide bonds. The van der Waals surface area contributed by atoms with Gasteiger partial charge in [-0.25, -0.2) is 0 Å². The molecule has 31 heavy (non-hydrogen) atoms. The Hall–Kier alpha value is -3.17. The van der Waals surface area contributed by atoms with Gasteiger partial charge in [0.05, 0.1) is 23.0 Å². The van der Waals surface area contributed by atoms with Crippen LogP contribution in [0.15, 0.2) is 53.4 Å². The van der Waals surface area contributed by atoms with Crippen molar-refractivity contribution in [2.45, 2.75) is 6.42 Å². The molecule has 2 aliphatic rings. The van der Waals surface area contributed by atoms with Gasteiger partial charge in [0, 0.05) is 25.7 Å². The smallest absolute Gasteiger partial charge is 0.293 e. The van der Waals surface area contributed by atoms with E-state index in [1.54, 1.807) is 18.2 Å². The van der Waals surface area contributed by atoms with Gasteiger partial charge in [-0.3, -0.25) is 24.6 Å². The van der Waals surface area contributed by atoms with E-state index in [0.717, 1.165) is 17.3 Å². The first-order valence-corrected chi connectivity index (χ1v) is 10.7. The van der Waals surface area contributed by atoms with E-state index in [0.29, 0.717) is 50.5 Å². The maximum Gasteiger partial charge on any atom is 0.293 e. The molecule has 0 unspecified atom stereocenters. The van der Waals surface area contributed by atoms with Crippen LogP contribution < -0.4 is 4.90 Å². The molecular weight excluding hydrogens is 418 g/mol. The predicted octanol–water partition coefficient (Wildman–Crippen LogP) is 3.71. The number of benzene rings is 2. The fraction of sp³-hybridized carbons (Fsp3) is 0.273. The lowest BCUT2D eigenvalue weighted by molar-refractivity contribution is -0.384. The molecule has 0 aliphatic carbocycles. The highest BCUT2D eigenvalue weighted by atomic mass is 32.2. The summed E-state index contributed by atoms with van der Waals surface area (Å²) in [5.74, 6) is -0.370. The number of thioether (sulfide) groups is 1. The number of hydrogen-bond donors (Lipinski definition) is 0. The third kappa shape index (κ3) is 4.78. The Morgan fingerprint density at radius 1 is 1.10 bits per heavy atom. The molecule has 4 rings (SSSR count). The second kappa shape index (κ2) is 9.32. The Kier molecular flexibility index (Phi) is 6.34. The van der Waals surface area contributed by atoms with E-state index < -0.39 is 4.92 Å². The Bertz CT molecular complexity index is 1030. The topological polar surface area (TPSA) is 93.0 Å². The minimum atomic E-state index is -0.423. The molecule has 0 atom stereocenters.